The highest BCUT2D eigenvalue weighted by Crippen LogP contribution is 2.41. The van der Waals surface area contributed by atoms with Crippen LogP contribution in [0.1, 0.15) is 60.8 Å². The van der Waals surface area contributed by atoms with E-state index >= 15 is 0 Å². The molecule has 1 N–H and O–H groups in total. The highest BCUT2D eigenvalue weighted by atomic mass is 35.5. The second-order valence-corrected chi connectivity index (χ2v) is 9.67. The van der Waals surface area contributed by atoms with Crippen LogP contribution in [0.15, 0.2) is 60.3 Å². The van der Waals surface area contributed by atoms with Crippen molar-refractivity contribution < 1.29 is 0 Å². The van der Waals surface area contributed by atoms with Crippen LogP contribution in [0.5, 0.6) is 0 Å². The summed E-state index contributed by atoms with van der Waals surface area (Å²) in [4.78, 5) is 2.68. The van der Waals surface area contributed by atoms with Crippen LogP contribution < -0.4 is 5.32 Å². The molecule has 2 nitrogen and oxygen atoms in total. The van der Waals surface area contributed by atoms with Crippen LogP contribution >= 0.6 is 11.6 Å². The van der Waals surface area contributed by atoms with Crippen molar-refractivity contribution in [3.05, 3.63) is 87.6 Å². The van der Waals surface area contributed by atoms with E-state index in [-0.39, 0.29) is 0 Å². The summed E-state index contributed by atoms with van der Waals surface area (Å²) in [5.41, 5.74) is 9.34. The SMILES string of the molecule is C=C(NC1=C(C)CCN(C2CCc3ccc(C4CC4)cc3C2)C1)c1ccccc1Cl. The normalized spacial score (nSPS) is 22.0. The number of nitrogens with zero attached hydrogens (tertiary/aromatic N) is 1. The van der Waals surface area contributed by atoms with E-state index in [1.165, 1.54) is 43.4 Å². The van der Waals surface area contributed by atoms with Gasteiger partial charge in [-0.25, -0.2) is 0 Å². The molecule has 0 bridgehead atoms. The van der Waals surface area contributed by atoms with E-state index in [2.05, 4.69) is 41.9 Å². The molecule has 1 fully saturated rings. The molecule has 0 saturated heterocycles. The Labute approximate surface area is 185 Å². The minimum Gasteiger partial charge on any atom is -0.358 e. The van der Waals surface area contributed by atoms with E-state index in [9.17, 15) is 0 Å². The van der Waals surface area contributed by atoms with Crippen molar-refractivity contribution in [1.29, 1.82) is 0 Å². The summed E-state index contributed by atoms with van der Waals surface area (Å²) in [6.07, 6.45) is 7.52. The molecule has 0 aromatic heterocycles. The van der Waals surface area contributed by atoms with Gasteiger partial charge in [-0.05, 0) is 74.1 Å². The number of hydrogen-bond donors (Lipinski definition) is 1. The summed E-state index contributed by atoms with van der Waals surface area (Å²) >= 11 is 6.38. The second kappa shape index (κ2) is 8.24. The Balaban J connectivity index is 1.28. The lowest BCUT2D eigenvalue weighted by molar-refractivity contribution is 0.185. The van der Waals surface area contributed by atoms with Gasteiger partial charge in [-0.3, -0.25) is 4.90 Å². The zero-order chi connectivity index (χ0) is 20.7. The molecule has 30 heavy (non-hydrogen) atoms. The first-order valence-electron chi connectivity index (χ1n) is 11.3. The van der Waals surface area contributed by atoms with E-state index in [4.69, 9.17) is 11.6 Å². The summed E-state index contributed by atoms with van der Waals surface area (Å²) in [5, 5.41) is 4.35. The second-order valence-electron chi connectivity index (χ2n) is 9.26. The highest BCUT2D eigenvalue weighted by molar-refractivity contribution is 6.32. The molecule has 0 radical (unpaired) electrons. The molecule has 3 heteroatoms. The smallest absolute Gasteiger partial charge is 0.0499 e. The molecule has 5 rings (SSSR count). The molecule has 1 heterocycles. The van der Waals surface area contributed by atoms with Crippen molar-refractivity contribution in [2.45, 2.75) is 57.4 Å². The quantitative estimate of drug-likeness (QED) is 0.611. The van der Waals surface area contributed by atoms with Gasteiger partial charge in [-0.1, -0.05) is 60.2 Å². The molecule has 2 aromatic carbocycles. The minimum atomic E-state index is 0.630. The molecule has 2 aliphatic carbocycles. The molecular formula is C27H31ClN2. The first kappa shape index (κ1) is 19.9. The van der Waals surface area contributed by atoms with Gasteiger partial charge in [-0.15, -0.1) is 0 Å². The van der Waals surface area contributed by atoms with Crippen LogP contribution in [0.25, 0.3) is 5.70 Å². The molecule has 1 saturated carbocycles. The van der Waals surface area contributed by atoms with Gasteiger partial charge in [0.25, 0.3) is 0 Å². The maximum Gasteiger partial charge on any atom is 0.0499 e. The largest absolute Gasteiger partial charge is 0.358 e. The maximum absolute atomic E-state index is 6.38. The Kier molecular flexibility index (Phi) is 5.47. The van der Waals surface area contributed by atoms with Gasteiger partial charge >= 0.3 is 0 Å². The van der Waals surface area contributed by atoms with E-state index < -0.39 is 0 Å². The van der Waals surface area contributed by atoms with E-state index in [0.717, 1.165) is 41.7 Å². The number of rotatable bonds is 5. The third kappa shape index (κ3) is 4.08. The molecule has 0 spiro atoms. The van der Waals surface area contributed by atoms with E-state index in [1.807, 2.05) is 24.3 Å². The van der Waals surface area contributed by atoms with Crippen molar-refractivity contribution in [2.75, 3.05) is 13.1 Å². The monoisotopic (exact) mass is 418 g/mol. The average Bonchev–Trinajstić information content (AvgIpc) is 3.60. The molecule has 1 unspecified atom stereocenters. The molecular weight excluding hydrogens is 388 g/mol. The van der Waals surface area contributed by atoms with Crippen LogP contribution in [0.3, 0.4) is 0 Å². The summed E-state index contributed by atoms with van der Waals surface area (Å²) in [5.74, 6) is 0.836. The van der Waals surface area contributed by atoms with Crippen molar-refractivity contribution in [3.63, 3.8) is 0 Å². The number of hydrogen-bond acceptors (Lipinski definition) is 2. The number of nitrogens with one attached hydrogen (secondary N) is 1. The number of fused-ring (bicyclic) bond motifs is 1. The zero-order valence-corrected chi connectivity index (χ0v) is 18.6. The lowest BCUT2D eigenvalue weighted by atomic mass is 9.85. The lowest BCUT2D eigenvalue weighted by Crippen LogP contribution is -2.45. The standard InChI is InChI=1S/C27H31ClN2/c1-18-13-14-30(17-27(18)29-19(2)25-5-3-4-6-26(25)28)24-12-11-21-9-10-22(20-7-8-20)15-23(21)16-24/h3-6,9-10,15,20,24,29H,2,7-8,11-14,16-17H2,1H3. The number of aryl methyl sites for hydroxylation is 1. The molecule has 156 valence electrons. The summed E-state index contributed by atoms with van der Waals surface area (Å²) < 4.78 is 0. The van der Waals surface area contributed by atoms with Crippen LogP contribution in [-0.2, 0) is 12.8 Å². The van der Waals surface area contributed by atoms with Gasteiger partial charge in [0.05, 0.1) is 0 Å². The van der Waals surface area contributed by atoms with Crippen LogP contribution in [0, 0.1) is 0 Å². The van der Waals surface area contributed by atoms with Crippen molar-refractivity contribution in [1.82, 2.24) is 10.2 Å². The highest BCUT2D eigenvalue weighted by Gasteiger charge is 2.29. The molecule has 1 atom stereocenters. The third-order valence-electron chi connectivity index (χ3n) is 7.15. The Bertz CT molecular complexity index is 1000. The Hall–Kier alpha value is -2.03. The van der Waals surface area contributed by atoms with Gasteiger partial charge in [0.1, 0.15) is 0 Å². The van der Waals surface area contributed by atoms with Crippen molar-refractivity contribution in [2.24, 2.45) is 0 Å². The predicted octanol–water partition coefficient (Wildman–Crippen LogP) is 6.31. The van der Waals surface area contributed by atoms with Crippen LogP contribution in [-0.4, -0.2) is 24.0 Å². The van der Waals surface area contributed by atoms with Crippen LogP contribution in [0.4, 0.5) is 0 Å². The first-order chi connectivity index (χ1) is 14.6. The zero-order valence-electron chi connectivity index (χ0n) is 17.9. The first-order valence-corrected chi connectivity index (χ1v) is 11.7. The Morgan fingerprint density at radius 2 is 1.90 bits per heavy atom. The van der Waals surface area contributed by atoms with Gasteiger partial charge in [-0.2, -0.15) is 0 Å². The van der Waals surface area contributed by atoms with Gasteiger partial charge < -0.3 is 5.32 Å². The fourth-order valence-electron chi connectivity index (χ4n) is 5.03. The topological polar surface area (TPSA) is 15.3 Å². The summed E-state index contributed by atoms with van der Waals surface area (Å²) in [6, 6.07) is 15.9. The average molecular weight is 419 g/mol. The van der Waals surface area contributed by atoms with Gasteiger partial charge in [0.15, 0.2) is 0 Å². The number of halogens is 1. The number of benzene rings is 2. The predicted molar refractivity (Wildman–Crippen MR) is 127 cm³/mol. The Morgan fingerprint density at radius 1 is 1.07 bits per heavy atom. The third-order valence-corrected chi connectivity index (χ3v) is 7.48. The summed E-state index contributed by atoms with van der Waals surface area (Å²) in [7, 11) is 0. The van der Waals surface area contributed by atoms with Gasteiger partial charge in [0.2, 0.25) is 0 Å². The molecule has 3 aliphatic rings. The van der Waals surface area contributed by atoms with E-state index in [0.29, 0.717) is 6.04 Å². The molecule has 1 aliphatic heterocycles. The lowest BCUT2D eigenvalue weighted by Gasteiger charge is -2.39. The molecule has 2 aromatic rings. The van der Waals surface area contributed by atoms with E-state index in [1.54, 1.807) is 16.7 Å². The minimum absolute atomic E-state index is 0.630. The molecule has 0 amide bonds. The Morgan fingerprint density at radius 3 is 2.70 bits per heavy atom. The fraction of sp³-hybridized carbons (Fsp3) is 0.407. The summed E-state index contributed by atoms with van der Waals surface area (Å²) in [6.45, 7) is 8.63. The van der Waals surface area contributed by atoms with Crippen molar-refractivity contribution in [3.8, 4) is 0 Å². The van der Waals surface area contributed by atoms with Gasteiger partial charge in [0, 0.05) is 41.1 Å². The van der Waals surface area contributed by atoms with Crippen LogP contribution in [0.2, 0.25) is 5.02 Å². The van der Waals surface area contributed by atoms with Crippen molar-refractivity contribution >= 4 is 17.3 Å². The maximum atomic E-state index is 6.38. The fourth-order valence-corrected chi connectivity index (χ4v) is 5.28.